The van der Waals surface area contributed by atoms with Gasteiger partial charge in [0.25, 0.3) is 5.91 Å². The molecule has 38 heavy (non-hydrogen) atoms. The number of pyridine rings is 1. The molecule has 2 saturated heterocycles. The van der Waals surface area contributed by atoms with E-state index < -0.39 is 5.82 Å². The summed E-state index contributed by atoms with van der Waals surface area (Å²) in [6.45, 7) is 1.14. The van der Waals surface area contributed by atoms with Gasteiger partial charge in [0.15, 0.2) is 11.5 Å². The van der Waals surface area contributed by atoms with Crippen molar-refractivity contribution >= 4 is 18.0 Å². The second-order valence-corrected chi connectivity index (χ2v) is 10.0. The van der Waals surface area contributed by atoms with Crippen LogP contribution in [0.4, 0.5) is 4.39 Å². The van der Waals surface area contributed by atoms with Gasteiger partial charge < -0.3 is 30.4 Å². The second kappa shape index (κ2) is 10.5. The van der Waals surface area contributed by atoms with Crippen LogP contribution in [0.5, 0.6) is 5.88 Å². The Kier molecular flexibility index (Phi) is 7.15. The van der Waals surface area contributed by atoms with Crippen molar-refractivity contribution in [3.63, 3.8) is 0 Å². The predicted molar refractivity (Wildman–Crippen MR) is 136 cm³/mol. The summed E-state index contributed by atoms with van der Waals surface area (Å²) in [5.41, 5.74) is 1.63. The first-order valence-corrected chi connectivity index (χ1v) is 12.8. The maximum atomic E-state index is 14.4. The van der Waals surface area contributed by atoms with Gasteiger partial charge in [0.2, 0.25) is 11.8 Å². The molecular weight excluding hydrogens is 493 g/mol. The van der Waals surface area contributed by atoms with Crippen LogP contribution in [-0.4, -0.2) is 77.1 Å². The number of methoxy groups -OCH3 is 2. The lowest BCUT2D eigenvalue weighted by atomic mass is 9.87. The van der Waals surface area contributed by atoms with Crippen molar-refractivity contribution in [1.82, 2.24) is 30.7 Å². The largest absolute Gasteiger partial charge is 0.481 e. The zero-order chi connectivity index (χ0) is 26.9. The van der Waals surface area contributed by atoms with Crippen LogP contribution >= 0.6 is 0 Å². The predicted octanol–water partition coefficient (Wildman–Crippen LogP) is 2.38. The Hall–Kier alpha value is -3.80. The number of halogens is 1. The lowest BCUT2D eigenvalue weighted by Crippen LogP contribution is -2.51. The Balaban J connectivity index is 1.26. The van der Waals surface area contributed by atoms with Gasteiger partial charge in [-0.3, -0.25) is 14.7 Å². The number of carbonyl (C=O) groups excluding carboxylic acids is 2. The average Bonchev–Trinajstić information content (AvgIpc) is 3.52. The lowest BCUT2D eigenvalue weighted by molar-refractivity contribution is -0.126. The van der Waals surface area contributed by atoms with Crippen molar-refractivity contribution < 1.29 is 23.5 Å². The molecular formula is C26H32FN7O4. The normalized spacial score (nSPS) is 23.4. The van der Waals surface area contributed by atoms with Gasteiger partial charge in [-0.25, -0.2) is 9.37 Å². The van der Waals surface area contributed by atoms with Gasteiger partial charge >= 0.3 is 0 Å². The van der Waals surface area contributed by atoms with Crippen LogP contribution in [0.3, 0.4) is 0 Å². The number of rotatable bonds is 7. The van der Waals surface area contributed by atoms with Crippen LogP contribution in [0.25, 0.3) is 11.3 Å². The number of H-pyrrole nitrogens is 1. The smallest absolute Gasteiger partial charge is 0.274 e. The van der Waals surface area contributed by atoms with Gasteiger partial charge in [0.05, 0.1) is 30.8 Å². The van der Waals surface area contributed by atoms with Crippen LogP contribution in [-0.2, 0) is 9.53 Å². The summed E-state index contributed by atoms with van der Waals surface area (Å²) in [5, 5.41) is 20.9. The van der Waals surface area contributed by atoms with Gasteiger partial charge in [-0.2, -0.15) is 5.10 Å². The highest BCUT2D eigenvalue weighted by atomic mass is 19.1. The summed E-state index contributed by atoms with van der Waals surface area (Å²) < 4.78 is 24.9. The second-order valence-electron chi connectivity index (χ2n) is 10.0. The Morgan fingerprint density at radius 1 is 1.29 bits per heavy atom. The molecule has 4 N–H and O–H groups in total. The Morgan fingerprint density at radius 3 is 2.82 bits per heavy atom. The number of nitrogens with zero attached hydrogens (tertiary/aromatic N) is 3. The molecule has 1 spiro atoms. The number of ether oxygens (including phenoxy) is 2. The Morgan fingerprint density at radius 2 is 2.11 bits per heavy atom. The van der Waals surface area contributed by atoms with Gasteiger partial charge in [-0.05, 0) is 38.2 Å². The molecule has 5 rings (SSSR count). The quantitative estimate of drug-likeness (QED) is 0.406. The first kappa shape index (κ1) is 25.8. The highest BCUT2D eigenvalue weighted by molar-refractivity contribution is 5.95. The van der Waals surface area contributed by atoms with E-state index in [0.717, 1.165) is 37.7 Å². The molecule has 2 atom stereocenters. The van der Waals surface area contributed by atoms with Gasteiger partial charge in [-0.15, -0.1) is 0 Å². The maximum absolute atomic E-state index is 14.4. The van der Waals surface area contributed by atoms with E-state index in [9.17, 15) is 14.0 Å². The molecule has 3 fully saturated rings. The summed E-state index contributed by atoms with van der Waals surface area (Å²) >= 11 is 0. The summed E-state index contributed by atoms with van der Waals surface area (Å²) in [4.78, 5) is 32.3. The number of allylic oxidation sites excluding steroid dienone is 1. The van der Waals surface area contributed by atoms with Gasteiger partial charge in [0, 0.05) is 61.6 Å². The first-order chi connectivity index (χ1) is 18.4. The zero-order valence-corrected chi connectivity index (χ0v) is 21.5. The van der Waals surface area contributed by atoms with E-state index in [1.165, 1.54) is 25.5 Å². The summed E-state index contributed by atoms with van der Waals surface area (Å²) in [7, 11) is 3.11. The van der Waals surface area contributed by atoms with E-state index in [1.54, 1.807) is 7.11 Å². The topological polar surface area (TPSA) is 145 Å². The van der Waals surface area contributed by atoms with E-state index in [0.29, 0.717) is 37.2 Å². The fourth-order valence-corrected chi connectivity index (χ4v) is 5.42. The van der Waals surface area contributed by atoms with Crippen molar-refractivity contribution in [2.45, 2.75) is 50.2 Å². The number of aromatic amines is 1. The lowest BCUT2D eigenvalue weighted by Gasteiger charge is -2.39. The monoisotopic (exact) mass is 525 g/mol. The number of nitrogens with one attached hydrogen (secondary N) is 4. The minimum atomic E-state index is -0.556. The van der Waals surface area contributed by atoms with Crippen LogP contribution in [0.2, 0.25) is 0 Å². The molecule has 2 aliphatic heterocycles. The number of likely N-dealkylation sites (tertiary alicyclic amines) is 1. The fraction of sp³-hybridized carbons (Fsp3) is 0.500. The first-order valence-electron chi connectivity index (χ1n) is 12.8. The minimum Gasteiger partial charge on any atom is -0.481 e. The van der Waals surface area contributed by atoms with E-state index in [-0.39, 0.29) is 46.5 Å². The van der Waals surface area contributed by atoms with Crippen LogP contribution in [0.1, 0.15) is 49.0 Å². The van der Waals surface area contributed by atoms with Crippen LogP contribution < -0.4 is 15.4 Å². The van der Waals surface area contributed by atoms with Crippen molar-refractivity contribution in [2.24, 2.45) is 5.92 Å². The maximum Gasteiger partial charge on any atom is 0.274 e. The number of hydrogen-bond donors (Lipinski definition) is 4. The molecule has 11 nitrogen and oxygen atoms in total. The molecule has 0 bridgehead atoms. The molecule has 4 heterocycles. The number of aromatic nitrogens is 3. The molecule has 2 amide bonds. The number of amides is 2. The van der Waals surface area contributed by atoms with Gasteiger partial charge in [-0.1, -0.05) is 0 Å². The number of hydrogen-bond acceptors (Lipinski definition) is 8. The highest BCUT2D eigenvalue weighted by Crippen LogP contribution is 2.50. The molecule has 2 unspecified atom stereocenters. The molecule has 0 aromatic carbocycles. The van der Waals surface area contributed by atoms with E-state index in [1.807, 2.05) is 4.90 Å². The molecule has 0 radical (unpaired) electrons. The third-order valence-electron chi connectivity index (χ3n) is 7.77. The van der Waals surface area contributed by atoms with E-state index in [2.05, 4.69) is 25.8 Å². The van der Waals surface area contributed by atoms with Crippen LogP contribution in [0, 0.1) is 17.1 Å². The number of piperidine rings is 2. The molecule has 2 aromatic heterocycles. The fourth-order valence-electron chi connectivity index (χ4n) is 5.42. The molecule has 3 aliphatic rings. The molecule has 1 saturated carbocycles. The van der Waals surface area contributed by atoms with E-state index in [4.69, 9.17) is 14.9 Å². The van der Waals surface area contributed by atoms with Crippen LogP contribution in [0.15, 0.2) is 29.7 Å². The third kappa shape index (κ3) is 5.00. The van der Waals surface area contributed by atoms with E-state index >= 15 is 0 Å². The molecule has 202 valence electrons. The van der Waals surface area contributed by atoms with Crippen molar-refractivity contribution in [2.75, 3.05) is 27.3 Å². The zero-order valence-electron chi connectivity index (χ0n) is 21.5. The van der Waals surface area contributed by atoms with Crippen molar-refractivity contribution in [3.05, 3.63) is 41.2 Å². The summed E-state index contributed by atoms with van der Waals surface area (Å²) in [6.07, 6.45) is 6.44. The standard InChI is InChI=1S/C26H32FN7O4/c1-37-16-3-7-29-20(9-16)22(13-28)31-24(35)15-4-8-34(26(12-15)5-6-26)25(36)21-11-19(32-33-21)17-10-23(38-2)30-14-18(17)27/h10-11,13-16,28-29H,3-9,12H2,1-2H3,(H,31,35)(H,32,33)/b22-20+,28-13?. The van der Waals surface area contributed by atoms with Crippen molar-refractivity contribution in [3.8, 4) is 17.1 Å². The summed E-state index contributed by atoms with van der Waals surface area (Å²) in [6, 6.07) is 2.97. The third-order valence-corrected chi connectivity index (χ3v) is 7.77. The minimum absolute atomic E-state index is 0.0572. The SMILES string of the molecule is COc1cc(-c2cc(C(=O)N3CCC(C(=O)N/C(C=N)=C4\CC(OC)CCN4)CC34CC4)n[nH]2)c(F)cn1. The highest BCUT2D eigenvalue weighted by Gasteiger charge is 2.54. The van der Waals surface area contributed by atoms with Gasteiger partial charge in [0.1, 0.15) is 0 Å². The number of carbonyl (C=O) groups is 2. The summed E-state index contributed by atoms with van der Waals surface area (Å²) in [5.74, 6) is -0.961. The molecule has 1 aliphatic carbocycles. The van der Waals surface area contributed by atoms with Crippen molar-refractivity contribution in [1.29, 1.82) is 5.41 Å². The Labute approximate surface area is 219 Å². The average molecular weight is 526 g/mol. The Bertz CT molecular complexity index is 1270. The molecule has 12 heteroatoms. The molecule has 2 aromatic rings.